The third-order valence-electron chi connectivity index (χ3n) is 8.00. The number of hydrogen-bond acceptors (Lipinski definition) is 11. The van der Waals surface area contributed by atoms with Gasteiger partial charge >= 0.3 is 0 Å². The van der Waals surface area contributed by atoms with Crippen molar-refractivity contribution in [2.45, 2.75) is 69.4 Å². The van der Waals surface area contributed by atoms with E-state index in [9.17, 15) is 34.8 Å². The Morgan fingerprint density at radius 1 is 1.08 bits per heavy atom. The first kappa shape index (κ1) is 27.2. The van der Waals surface area contributed by atoms with Crippen LogP contribution in [0.15, 0.2) is 18.2 Å². The van der Waals surface area contributed by atoms with E-state index in [-0.39, 0.29) is 40.8 Å². The number of benzene rings is 2. The number of Topliss-reactive ketones (excluding diaryl/α,β-unsaturated/α-hetero) is 1. The summed E-state index contributed by atoms with van der Waals surface area (Å²) in [5.74, 6) is -3.16. The number of hydrogen-bond donors (Lipinski definition) is 4. The maximum absolute atomic E-state index is 13.7. The van der Waals surface area contributed by atoms with Gasteiger partial charge in [0, 0.05) is 43.1 Å². The van der Waals surface area contributed by atoms with Crippen molar-refractivity contribution >= 4 is 17.3 Å². The number of aliphatic hydroxyl groups excluding tert-OH is 1. The lowest BCUT2D eigenvalue weighted by molar-refractivity contribution is -0.269. The number of fused-ring (bicyclic) bond motifs is 3. The molecule has 39 heavy (non-hydrogen) atoms. The summed E-state index contributed by atoms with van der Waals surface area (Å²) in [7, 11) is 2.77. The monoisotopic (exact) mass is 542 g/mol. The van der Waals surface area contributed by atoms with Gasteiger partial charge in [-0.25, -0.2) is 0 Å². The topological polar surface area (TPSA) is 169 Å². The number of carbonyl (C=O) groups excluding carboxylic acids is 3. The second kappa shape index (κ2) is 9.68. The first-order valence-electron chi connectivity index (χ1n) is 12.6. The van der Waals surface area contributed by atoms with Crippen LogP contribution in [-0.2, 0) is 25.4 Å². The van der Waals surface area contributed by atoms with Gasteiger partial charge in [0.1, 0.15) is 29.0 Å². The Kier molecular flexibility index (Phi) is 6.76. The van der Waals surface area contributed by atoms with Crippen LogP contribution in [0.25, 0.3) is 0 Å². The Labute approximate surface area is 223 Å². The molecule has 2 aromatic rings. The molecule has 11 heteroatoms. The average molecular weight is 543 g/mol. The molecule has 1 aliphatic heterocycles. The Morgan fingerprint density at radius 3 is 2.41 bits per heavy atom. The summed E-state index contributed by atoms with van der Waals surface area (Å²) in [6, 6.07) is 4.44. The highest BCUT2D eigenvalue weighted by Crippen LogP contribution is 2.52. The third kappa shape index (κ3) is 4.12. The zero-order valence-electron chi connectivity index (χ0n) is 21.9. The van der Waals surface area contributed by atoms with Gasteiger partial charge in [-0.05, 0) is 19.9 Å². The lowest BCUT2D eigenvalue weighted by Crippen LogP contribution is -2.50. The molecule has 0 spiro atoms. The Hall–Kier alpha value is -3.35. The number of ketones is 3. The number of aliphatic hydroxyl groups is 2. The quantitative estimate of drug-likeness (QED) is 0.346. The highest BCUT2D eigenvalue weighted by atomic mass is 16.7. The molecule has 1 heterocycles. The van der Waals surface area contributed by atoms with Crippen molar-refractivity contribution in [1.29, 1.82) is 0 Å². The fraction of sp³-hybridized carbons (Fsp3) is 0.464. The van der Waals surface area contributed by atoms with Crippen molar-refractivity contribution in [2.24, 2.45) is 0 Å². The minimum atomic E-state index is -2.00. The summed E-state index contributed by atoms with van der Waals surface area (Å²) >= 11 is 0. The maximum Gasteiger partial charge on any atom is 0.202 e. The van der Waals surface area contributed by atoms with Crippen LogP contribution in [0, 0.1) is 0 Å². The van der Waals surface area contributed by atoms with Crippen LogP contribution in [0.5, 0.6) is 17.2 Å². The van der Waals surface area contributed by atoms with Crippen molar-refractivity contribution in [3.05, 3.63) is 51.6 Å². The van der Waals surface area contributed by atoms with Gasteiger partial charge in [-0.3, -0.25) is 14.4 Å². The number of carbonyl (C=O) groups is 3. The molecular formula is C28H30O11. The molecule has 1 fully saturated rings. The highest BCUT2D eigenvalue weighted by molar-refractivity contribution is 6.31. The second-order valence-electron chi connectivity index (χ2n) is 10.2. The molecular weight excluding hydrogens is 512 g/mol. The van der Waals surface area contributed by atoms with Gasteiger partial charge in [0.05, 0.1) is 42.1 Å². The van der Waals surface area contributed by atoms with Crippen LogP contribution in [0.3, 0.4) is 0 Å². The number of rotatable bonds is 5. The zero-order valence-corrected chi connectivity index (χ0v) is 21.9. The van der Waals surface area contributed by atoms with E-state index in [0.717, 1.165) is 0 Å². The van der Waals surface area contributed by atoms with Gasteiger partial charge in [-0.15, -0.1) is 0 Å². The van der Waals surface area contributed by atoms with Crippen molar-refractivity contribution < 1.29 is 53.8 Å². The van der Waals surface area contributed by atoms with Crippen LogP contribution in [0.4, 0.5) is 0 Å². The summed E-state index contributed by atoms with van der Waals surface area (Å²) in [5, 5.41) is 44.4. The molecule has 0 bridgehead atoms. The van der Waals surface area contributed by atoms with Gasteiger partial charge in [-0.2, -0.15) is 0 Å². The van der Waals surface area contributed by atoms with E-state index in [2.05, 4.69) is 0 Å². The molecule has 2 aliphatic carbocycles. The van der Waals surface area contributed by atoms with Crippen LogP contribution in [0.2, 0.25) is 0 Å². The van der Waals surface area contributed by atoms with Crippen LogP contribution in [-0.4, -0.2) is 82.2 Å². The van der Waals surface area contributed by atoms with Crippen molar-refractivity contribution in [3.63, 3.8) is 0 Å². The minimum absolute atomic E-state index is 0.0132. The lowest BCUT2D eigenvalue weighted by Gasteiger charge is -2.42. The summed E-state index contributed by atoms with van der Waals surface area (Å²) in [5.41, 5.74) is -3.03. The van der Waals surface area contributed by atoms with Gasteiger partial charge < -0.3 is 39.4 Å². The summed E-state index contributed by atoms with van der Waals surface area (Å²) < 4.78 is 22.5. The van der Waals surface area contributed by atoms with Crippen LogP contribution < -0.4 is 4.74 Å². The van der Waals surface area contributed by atoms with E-state index in [4.69, 9.17) is 18.9 Å². The summed E-state index contributed by atoms with van der Waals surface area (Å²) in [4.78, 5) is 39.7. The SMILES string of the molecule is COc1cccc2c1C(=O)c1c(O)c3c(c(O)c1C2=O)C[C@@](O)(C(C)=O)C[C@@H]3O[C@H]1C[C@H](OC)[C@@H](O)[C@H](C)O1. The highest BCUT2D eigenvalue weighted by Gasteiger charge is 2.49. The van der Waals surface area contributed by atoms with Gasteiger partial charge in [0.25, 0.3) is 0 Å². The Morgan fingerprint density at radius 2 is 1.77 bits per heavy atom. The first-order chi connectivity index (χ1) is 18.4. The van der Waals surface area contributed by atoms with Crippen LogP contribution >= 0.6 is 0 Å². The lowest BCUT2D eigenvalue weighted by atomic mass is 9.72. The largest absolute Gasteiger partial charge is 0.507 e. The minimum Gasteiger partial charge on any atom is -0.507 e. The van der Waals surface area contributed by atoms with E-state index in [1.807, 2.05) is 0 Å². The summed E-state index contributed by atoms with van der Waals surface area (Å²) in [6.07, 6.45) is -5.12. The van der Waals surface area contributed by atoms with Crippen molar-refractivity contribution in [3.8, 4) is 17.2 Å². The molecule has 4 N–H and O–H groups in total. The van der Waals surface area contributed by atoms with Crippen molar-refractivity contribution in [2.75, 3.05) is 14.2 Å². The van der Waals surface area contributed by atoms with E-state index in [1.165, 1.54) is 39.3 Å². The number of methoxy groups -OCH3 is 2. The maximum atomic E-state index is 13.7. The molecule has 0 radical (unpaired) electrons. The molecule has 2 aromatic carbocycles. The normalized spacial score (nSPS) is 29.8. The molecule has 0 aromatic heterocycles. The van der Waals surface area contributed by atoms with Crippen LogP contribution in [0.1, 0.15) is 75.8 Å². The van der Waals surface area contributed by atoms with Gasteiger partial charge in [0.2, 0.25) is 5.78 Å². The number of ether oxygens (including phenoxy) is 4. The molecule has 11 nitrogen and oxygen atoms in total. The van der Waals surface area contributed by atoms with E-state index in [0.29, 0.717) is 0 Å². The van der Waals surface area contributed by atoms with Crippen molar-refractivity contribution in [1.82, 2.24) is 0 Å². The molecule has 208 valence electrons. The molecule has 6 atom stereocenters. The fourth-order valence-corrected chi connectivity index (χ4v) is 5.82. The summed E-state index contributed by atoms with van der Waals surface area (Å²) in [6.45, 7) is 2.81. The predicted octanol–water partition coefficient (Wildman–Crippen LogP) is 1.72. The van der Waals surface area contributed by atoms with Gasteiger partial charge in [-0.1, -0.05) is 12.1 Å². The fourth-order valence-electron chi connectivity index (χ4n) is 5.82. The number of aromatic hydroxyl groups is 2. The smallest absolute Gasteiger partial charge is 0.202 e. The zero-order chi connectivity index (χ0) is 28.4. The number of phenolic OH excluding ortho intramolecular Hbond substituents is 2. The molecule has 1 saturated heterocycles. The molecule has 3 aliphatic rings. The number of phenols is 2. The average Bonchev–Trinajstić information content (AvgIpc) is 2.90. The Balaban J connectivity index is 1.67. The molecule has 0 saturated carbocycles. The predicted molar refractivity (Wildman–Crippen MR) is 133 cm³/mol. The second-order valence-corrected chi connectivity index (χ2v) is 10.2. The molecule has 0 amide bonds. The molecule has 0 unspecified atom stereocenters. The van der Waals surface area contributed by atoms with E-state index < -0.39 is 82.7 Å². The molecule has 5 rings (SSSR count). The third-order valence-corrected chi connectivity index (χ3v) is 8.00. The van der Waals surface area contributed by atoms with E-state index in [1.54, 1.807) is 6.92 Å². The standard InChI is InChI=1S/C28H30O11/c1-11-23(30)16(37-4)8-18(38-11)39-17-10-28(35,12(2)29)9-14-20(17)27(34)22-21(25(14)32)24(31)13-6-5-7-15(36-3)19(13)26(22)33/h5-7,11,16-18,23,30,32,34-35H,8-10H2,1-4H3/t11-,16-,17-,18-,23-,28-/m0/s1. The first-order valence-corrected chi connectivity index (χ1v) is 12.6. The van der Waals surface area contributed by atoms with Gasteiger partial charge in [0.15, 0.2) is 17.9 Å². The Bertz CT molecular complexity index is 1380. The van der Waals surface area contributed by atoms with E-state index >= 15 is 0 Å².